The molecular weight excluding hydrogens is 218 g/mol. The molecule has 1 aliphatic rings. The summed E-state index contributed by atoms with van der Waals surface area (Å²) in [6, 6.07) is 13.3. The molecule has 3 rings (SSSR count). The molecule has 0 saturated heterocycles. The van der Waals surface area contributed by atoms with Gasteiger partial charge in [0.15, 0.2) is 0 Å². The lowest BCUT2D eigenvalue weighted by Gasteiger charge is -2.24. The van der Waals surface area contributed by atoms with Crippen molar-refractivity contribution in [1.29, 1.82) is 0 Å². The van der Waals surface area contributed by atoms with Gasteiger partial charge < -0.3 is 4.90 Å². The SMILES string of the molecule is Cc1ccc2cc(C3=CC=CCN3C)ccc2c1. The van der Waals surface area contributed by atoms with Gasteiger partial charge in [-0.3, -0.25) is 0 Å². The van der Waals surface area contributed by atoms with Crippen LogP contribution in [0.25, 0.3) is 16.5 Å². The summed E-state index contributed by atoms with van der Waals surface area (Å²) in [5, 5.41) is 2.62. The summed E-state index contributed by atoms with van der Waals surface area (Å²) in [6.07, 6.45) is 6.49. The van der Waals surface area contributed by atoms with Crippen LogP contribution in [0.4, 0.5) is 0 Å². The Bertz CT molecular complexity index is 650. The van der Waals surface area contributed by atoms with Crippen molar-refractivity contribution < 1.29 is 0 Å². The molecule has 0 amide bonds. The zero-order valence-electron chi connectivity index (χ0n) is 10.9. The molecule has 90 valence electrons. The molecule has 1 heteroatoms. The molecule has 0 spiro atoms. The van der Waals surface area contributed by atoms with Crippen molar-refractivity contribution >= 4 is 16.5 Å². The van der Waals surface area contributed by atoms with Gasteiger partial charge in [0.1, 0.15) is 0 Å². The van der Waals surface area contributed by atoms with Gasteiger partial charge in [-0.05, 0) is 35.4 Å². The Morgan fingerprint density at radius 2 is 1.78 bits per heavy atom. The first-order valence-electron chi connectivity index (χ1n) is 6.33. The van der Waals surface area contributed by atoms with Crippen molar-refractivity contribution in [3.05, 3.63) is 65.8 Å². The quantitative estimate of drug-likeness (QED) is 0.722. The van der Waals surface area contributed by atoms with Crippen LogP contribution in [0.3, 0.4) is 0 Å². The first kappa shape index (κ1) is 11.1. The van der Waals surface area contributed by atoms with E-state index < -0.39 is 0 Å². The first-order valence-corrected chi connectivity index (χ1v) is 6.33. The number of hydrogen-bond donors (Lipinski definition) is 0. The maximum Gasteiger partial charge on any atom is 0.0440 e. The molecule has 1 nitrogen and oxygen atoms in total. The summed E-state index contributed by atoms with van der Waals surface area (Å²) >= 11 is 0. The highest BCUT2D eigenvalue weighted by atomic mass is 15.1. The van der Waals surface area contributed by atoms with E-state index >= 15 is 0 Å². The number of fused-ring (bicyclic) bond motifs is 1. The van der Waals surface area contributed by atoms with Crippen LogP contribution in [-0.4, -0.2) is 18.5 Å². The van der Waals surface area contributed by atoms with Crippen LogP contribution in [0.1, 0.15) is 11.1 Å². The third kappa shape index (κ3) is 1.92. The van der Waals surface area contributed by atoms with Gasteiger partial charge in [0.2, 0.25) is 0 Å². The fraction of sp³-hybridized carbons (Fsp3) is 0.176. The zero-order chi connectivity index (χ0) is 12.5. The van der Waals surface area contributed by atoms with Gasteiger partial charge in [-0.15, -0.1) is 0 Å². The van der Waals surface area contributed by atoms with Gasteiger partial charge in [0.25, 0.3) is 0 Å². The second kappa shape index (κ2) is 4.34. The van der Waals surface area contributed by atoms with Crippen LogP contribution in [0.15, 0.2) is 54.6 Å². The maximum atomic E-state index is 2.27. The fourth-order valence-electron chi connectivity index (χ4n) is 2.44. The zero-order valence-corrected chi connectivity index (χ0v) is 10.9. The molecule has 0 saturated carbocycles. The largest absolute Gasteiger partial charge is 0.370 e. The first-order chi connectivity index (χ1) is 8.74. The highest BCUT2D eigenvalue weighted by Crippen LogP contribution is 2.25. The average Bonchev–Trinajstić information content (AvgIpc) is 2.39. The Labute approximate surface area is 108 Å². The Kier molecular flexibility index (Phi) is 2.67. The molecule has 18 heavy (non-hydrogen) atoms. The van der Waals surface area contributed by atoms with E-state index in [0.29, 0.717) is 0 Å². The third-order valence-corrected chi connectivity index (χ3v) is 3.47. The molecular formula is C17H17N. The van der Waals surface area contributed by atoms with Crippen LogP contribution in [0.5, 0.6) is 0 Å². The minimum absolute atomic E-state index is 0.984. The summed E-state index contributed by atoms with van der Waals surface area (Å²) in [7, 11) is 2.13. The van der Waals surface area contributed by atoms with Gasteiger partial charge in [-0.2, -0.15) is 0 Å². The van der Waals surface area contributed by atoms with E-state index in [-0.39, 0.29) is 0 Å². The Morgan fingerprint density at radius 3 is 2.61 bits per heavy atom. The van der Waals surface area contributed by atoms with Gasteiger partial charge in [0, 0.05) is 19.3 Å². The number of likely N-dealkylation sites (N-methyl/N-ethyl adjacent to an activating group) is 1. The molecule has 0 aromatic heterocycles. The topological polar surface area (TPSA) is 3.24 Å². The van der Waals surface area contributed by atoms with Crippen molar-refractivity contribution in [1.82, 2.24) is 4.90 Å². The molecule has 1 aliphatic heterocycles. The van der Waals surface area contributed by atoms with E-state index in [9.17, 15) is 0 Å². The highest BCUT2D eigenvalue weighted by molar-refractivity contribution is 5.86. The minimum Gasteiger partial charge on any atom is -0.370 e. The second-order valence-electron chi connectivity index (χ2n) is 4.93. The molecule has 1 heterocycles. The van der Waals surface area contributed by atoms with Crippen molar-refractivity contribution in [2.75, 3.05) is 13.6 Å². The summed E-state index contributed by atoms with van der Waals surface area (Å²) in [5.41, 5.74) is 3.89. The smallest absolute Gasteiger partial charge is 0.0440 e. The molecule has 0 atom stereocenters. The molecule has 0 N–H and O–H groups in total. The van der Waals surface area contributed by atoms with E-state index in [1.165, 1.54) is 27.6 Å². The van der Waals surface area contributed by atoms with Gasteiger partial charge >= 0.3 is 0 Å². The normalized spacial score (nSPS) is 15.0. The average molecular weight is 235 g/mol. The number of hydrogen-bond acceptors (Lipinski definition) is 1. The molecule has 0 radical (unpaired) electrons. The summed E-state index contributed by atoms with van der Waals surface area (Å²) in [4.78, 5) is 2.27. The lowest BCUT2D eigenvalue weighted by atomic mass is 10.0. The number of nitrogens with zero attached hydrogens (tertiary/aromatic N) is 1. The van der Waals surface area contributed by atoms with E-state index in [1.54, 1.807) is 0 Å². The second-order valence-corrected chi connectivity index (χ2v) is 4.93. The van der Waals surface area contributed by atoms with Crippen LogP contribution >= 0.6 is 0 Å². The number of allylic oxidation sites excluding steroid dienone is 2. The van der Waals surface area contributed by atoms with E-state index in [2.05, 4.69) is 73.5 Å². The molecule has 0 fully saturated rings. The fourth-order valence-corrected chi connectivity index (χ4v) is 2.44. The van der Waals surface area contributed by atoms with Gasteiger partial charge in [-0.1, -0.05) is 48.0 Å². The van der Waals surface area contributed by atoms with Crippen molar-refractivity contribution in [2.45, 2.75) is 6.92 Å². The minimum atomic E-state index is 0.984. The Morgan fingerprint density at radius 1 is 1.00 bits per heavy atom. The molecule has 0 bridgehead atoms. The maximum absolute atomic E-state index is 2.27. The van der Waals surface area contributed by atoms with Crippen LogP contribution in [0, 0.1) is 6.92 Å². The van der Waals surface area contributed by atoms with Crippen molar-refractivity contribution in [3.8, 4) is 0 Å². The molecule has 0 aliphatic carbocycles. The van der Waals surface area contributed by atoms with E-state index in [1.807, 2.05) is 0 Å². The summed E-state index contributed by atoms with van der Waals surface area (Å²) in [6.45, 7) is 3.12. The van der Waals surface area contributed by atoms with Crippen LogP contribution < -0.4 is 0 Å². The standard InChI is InChI=1S/C17H17N/c1-13-6-7-15-12-16(9-8-14(15)11-13)17-5-3-4-10-18(17)2/h3-9,11-12H,10H2,1-2H3. The monoisotopic (exact) mass is 235 g/mol. The molecule has 0 unspecified atom stereocenters. The van der Waals surface area contributed by atoms with E-state index in [0.717, 1.165) is 6.54 Å². The number of aryl methyl sites for hydroxylation is 1. The van der Waals surface area contributed by atoms with Crippen molar-refractivity contribution in [3.63, 3.8) is 0 Å². The van der Waals surface area contributed by atoms with Gasteiger partial charge in [0.05, 0.1) is 0 Å². The number of rotatable bonds is 1. The lowest BCUT2D eigenvalue weighted by molar-refractivity contribution is 0.531. The van der Waals surface area contributed by atoms with Crippen LogP contribution in [0.2, 0.25) is 0 Å². The lowest BCUT2D eigenvalue weighted by Crippen LogP contribution is -2.18. The summed E-state index contributed by atoms with van der Waals surface area (Å²) in [5.74, 6) is 0. The predicted molar refractivity (Wildman–Crippen MR) is 78.4 cm³/mol. The van der Waals surface area contributed by atoms with Gasteiger partial charge in [-0.25, -0.2) is 0 Å². The number of benzene rings is 2. The highest BCUT2D eigenvalue weighted by Gasteiger charge is 2.08. The Hall–Kier alpha value is -2.02. The third-order valence-electron chi connectivity index (χ3n) is 3.47. The van der Waals surface area contributed by atoms with Crippen LogP contribution in [-0.2, 0) is 0 Å². The van der Waals surface area contributed by atoms with Crippen molar-refractivity contribution in [2.24, 2.45) is 0 Å². The van der Waals surface area contributed by atoms with E-state index in [4.69, 9.17) is 0 Å². The Balaban J connectivity index is 2.11. The summed E-state index contributed by atoms with van der Waals surface area (Å²) < 4.78 is 0. The molecule has 2 aromatic rings. The molecule has 2 aromatic carbocycles. The predicted octanol–water partition coefficient (Wildman–Crippen LogP) is 3.99.